The zero-order valence-electron chi connectivity index (χ0n) is 19.0. The van der Waals surface area contributed by atoms with Crippen molar-refractivity contribution in [1.82, 2.24) is 19.9 Å². The molecule has 0 fully saturated rings. The summed E-state index contributed by atoms with van der Waals surface area (Å²) in [6, 6.07) is 7.90. The number of thiazole rings is 2. The molecule has 9 nitrogen and oxygen atoms in total. The van der Waals surface area contributed by atoms with Crippen LogP contribution in [0.4, 0.5) is 11.8 Å². The molecule has 34 heavy (non-hydrogen) atoms. The van der Waals surface area contributed by atoms with E-state index in [9.17, 15) is 15.3 Å². The maximum Gasteiger partial charge on any atom is 0.225 e. The number of aromatic nitrogens is 4. The highest BCUT2D eigenvalue weighted by atomic mass is 32.1. The second-order valence-corrected chi connectivity index (χ2v) is 10.1. The van der Waals surface area contributed by atoms with Gasteiger partial charge in [0.15, 0.2) is 0 Å². The van der Waals surface area contributed by atoms with Crippen molar-refractivity contribution in [1.29, 1.82) is 0 Å². The van der Waals surface area contributed by atoms with Gasteiger partial charge in [-0.25, -0.2) is 15.0 Å². The molecule has 0 spiro atoms. The summed E-state index contributed by atoms with van der Waals surface area (Å²) in [6.07, 6.45) is -0.109. The first-order valence-electron chi connectivity index (χ1n) is 11.0. The molecule has 180 valence electrons. The van der Waals surface area contributed by atoms with Gasteiger partial charge in [-0.15, -0.1) is 22.7 Å². The second-order valence-electron chi connectivity index (χ2n) is 8.02. The van der Waals surface area contributed by atoms with Crippen molar-refractivity contribution in [2.45, 2.75) is 39.5 Å². The lowest BCUT2D eigenvalue weighted by molar-refractivity contribution is 0.121. The van der Waals surface area contributed by atoms with Gasteiger partial charge in [-0.2, -0.15) is 4.98 Å². The van der Waals surface area contributed by atoms with Crippen LogP contribution in [-0.4, -0.2) is 54.7 Å². The first-order chi connectivity index (χ1) is 16.5. The van der Waals surface area contributed by atoms with Crippen LogP contribution in [0.5, 0.6) is 0 Å². The average Bonchev–Trinajstić information content (AvgIpc) is 3.43. The second kappa shape index (κ2) is 11.2. The standard InChI is InChI=1S/C23H28N6O3S2/c1-13-20(22-27-17-5-3-4-6-18(17)34-22)21(28-19(32)8-7-15(10-30)11-31)29-23(25-13)24-9-16-12-33-14(2)26-16/h3-6,12,15,19,30-32H,7-11H2,1-2H3,(H2,24,25,28,29). The molecule has 0 radical (unpaired) electrons. The van der Waals surface area contributed by atoms with E-state index in [0.29, 0.717) is 31.2 Å². The van der Waals surface area contributed by atoms with Crippen LogP contribution in [0.3, 0.4) is 0 Å². The molecule has 11 heteroatoms. The molecular formula is C23H28N6O3S2. The van der Waals surface area contributed by atoms with Crippen LogP contribution >= 0.6 is 22.7 Å². The SMILES string of the molecule is Cc1nc(CNc2nc(C)c(-c3nc4ccccc4s3)c(NC(O)CCC(CO)CO)n2)cs1. The molecule has 1 aromatic carbocycles. The fourth-order valence-corrected chi connectivity index (χ4v) is 5.19. The van der Waals surface area contributed by atoms with Gasteiger partial charge in [0, 0.05) is 24.5 Å². The lowest BCUT2D eigenvalue weighted by Crippen LogP contribution is -2.23. The molecule has 0 aliphatic heterocycles. The van der Waals surface area contributed by atoms with Gasteiger partial charge in [-0.3, -0.25) is 0 Å². The molecule has 1 unspecified atom stereocenters. The Morgan fingerprint density at radius 3 is 2.50 bits per heavy atom. The number of benzene rings is 1. The Morgan fingerprint density at radius 2 is 1.79 bits per heavy atom. The van der Waals surface area contributed by atoms with E-state index in [1.807, 2.05) is 43.5 Å². The van der Waals surface area contributed by atoms with Crippen molar-refractivity contribution < 1.29 is 15.3 Å². The van der Waals surface area contributed by atoms with Gasteiger partial charge in [-0.05, 0) is 38.8 Å². The molecule has 0 aliphatic rings. The van der Waals surface area contributed by atoms with Crippen molar-refractivity contribution in [2.24, 2.45) is 5.92 Å². The predicted molar refractivity (Wildman–Crippen MR) is 136 cm³/mol. The van der Waals surface area contributed by atoms with E-state index < -0.39 is 6.23 Å². The maximum atomic E-state index is 10.7. The Morgan fingerprint density at radius 1 is 1.00 bits per heavy atom. The van der Waals surface area contributed by atoms with Crippen LogP contribution in [0, 0.1) is 19.8 Å². The fourth-order valence-electron chi connectivity index (χ4n) is 3.51. The molecule has 0 bridgehead atoms. The summed E-state index contributed by atoms with van der Waals surface area (Å²) in [6.45, 7) is 4.09. The van der Waals surface area contributed by atoms with Crippen molar-refractivity contribution in [3.05, 3.63) is 46.0 Å². The van der Waals surface area contributed by atoms with E-state index >= 15 is 0 Å². The highest BCUT2D eigenvalue weighted by Crippen LogP contribution is 2.36. The lowest BCUT2D eigenvalue weighted by Gasteiger charge is -2.19. The van der Waals surface area contributed by atoms with Crippen LogP contribution in [0.1, 0.15) is 29.2 Å². The van der Waals surface area contributed by atoms with Gasteiger partial charge in [0.1, 0.15) is 17.1 Å². The number of para-hydroxylation sites is 1. The Labute approximate surface area is 205 Å². The number of nitrogens with one attached hydrogen (secondary N) is 2. The fraction of sp³-hybridized carbons (Fsp3) is 0.391. The first kappa shape index (κ1) is 24.4. The minimum atomic E-state index is -0.919. The first-order valence-corrected chi connectivity index (χ1v) is 12.7. The molecule has 1 atom stereocenters. The number of aliphatic hydroxyl groups excluding tert-OH is 3. The number of nitrogens with zero attached hydrogens (tertiary/aromatic N) is 4. The van der Waals surface area contributed by atoms with Gasteiger partial charge in [0.25, 0.3) is 0 Å². The summed E-state index contributed by atoms with van der Waals surface area (Å²) in [5, 5.41) is 39.4. The summed E-state index contributed by atoms with van der Waals surface area (Å²) in [5.41, 5.74) is 3.26. The minimum absolute atomic E-state index is 0.128. The number of anilines is 2. The molecule has 0 amide bonds. The number of rotatable bonds is 11. The molecule has 0 saturated carbocycles. The molecule has 0 aliphatic carbocycles. The molecule has 3 heterocycles. The smallest absolute Gasteiger partial charge is 0.225 e. The molecule has 3 aromatic heterocycles. The van der Waals surface area contributed by atoms with E-state index in [0.717, 1.165) is 37.2 Å². The number of aryl methyl sites for hydroxylation is 2. The third-order valence-corrected chi connectivity index (χ3v) is 7.24. The quantitative estimate of drug-likeness (QED) is 0.196. The summed E-state index contributed by atoms with van der Waals surface area (Å²) >= 11 is 3.13. The predicted octanol–water partition coefficient (Wildman–Crippen LogP) is 3.55. The van der Waals surface area contributed by atoms with E-state index in [1.165, 1.54) is 0 Å². The lowest BCUT2D eigenvalue weighted by atomic mass is 10.0. The Bertz CT molecular complexity index is 1210. The number of hydrogen-bond acceptors (Lipinski definition) is 11. The van der Waals surface area contributed by atoms with Gasteiger partial charge in [0.05, 0.1) is 38.7 Å². The largest absolute Gasteiger partial charge is 0.396 e. The third-order valence-electron chi connectivity index (χ3n) is 5.36. The molecular weight excluding hydrogens is 472 g/mol. The van der Waals surface area contributed by atoms with Gasteiger partial charge >= 0.3 is 0 Å². The van der Waals surface area contributed by atoms with E-state index in [1.54, 1.807) is 22.7 Å². The van der Waals surface area contributed by atoms with Crippen molar-refractivity contribution in [3.8, 4) is 10.6 Å². The van der Waals surface area contributed by atoms with Gasteiger partial charge in [0.2, 0.25) is 5.95 Å². The maximum absolute atomic E-state index is 10.7. The Hall–Kier alpha value is -2.70. The van der Waals surface area contributed by atoms with Crippen molar-refractivity contribution >= 4 is 44.7 Å². The van der Waals surface area contributed by atoms with Crippen molar-refractivity contribution in [2.75, 3.05) is 23.8 Å². The van der Waals surface area contributed by atoms with Crippen molar-refractivity contribution in [3.63, 3.8) is 0 Å². The number of fused-ring (bicyclic) bond motifs is 1. The molecule has 0 saturated heterocycles. The van der Waals surface area contributed by atoms with E-state index in [-0.39, 0.29) is 19.1 Å². The van der Waals surface area contributed by atoms with Crippen LogP contribution < -0.4 is 10.6 Å². The van der Waals surface area contributed by atoms with Gasteiger partial charge in [-0.1, -0.05) is 12.1 Å². The van der Waals surface area contributed by atoms with Crippen LogP contribution in [0.15, 0.2) is 29.6 Å². The van der Waals surface area contributed by atoms with Crippen LogP contribution in [0.25, 0.3) is 20.8 Å². The number of aliphatic hydroxyl groups is 3. The Kier molecular flexibility index (Phi) is 8.01. The molecule has 4 aromatic rings. The van der Waals surface area contributed by atoms with Crippen LogP contribution in [-0.2, 0) is 6.54 Å². The topological polar surface area (TPSA) is 136 Å². The zero-order chi connectivity index (χ0) is 24.1. The zero-order valence-corrected chi connectivity index (χ0v) is 20.7. The van der Waals surface area contributed by atoms with E-state index in [2.05, 4.69) is 25.6 Å². The van der Waals surface area contributed by atoms with Crippen LogP contribution in [0.2, 0.25) is 0 Å². The summed E-state index contributed by atoms with van der Waals surface area (Å²) in [4.78, 5) is 18.5. The number of hydrogen-bond donors (Lipinski definition) is 5. The Balaban J connectivity index is 1.63. The average molecular weight is 501 g/mol. The summed E-state index contributed by atoms with van der Waals surface area (Å²) in [7, 11) is 0. The third kappa shape index (κ3) is 5.86. The molecule has 5 N–H and O–H groups in total. The minimum Gasteiger partial charge on any atom is -0.396 e. The summed E-state index contributed by atoms with van der Waals surface area (Å²) < 4.78 is 1.05. The summed E-state index contributed by atoms with van der Waals surface area (Å²) in [5.74, 6) is 0.623. The normalized spacial score (nSPS) is 12.4. The monoisotopic (exact) mass is 500 g/mol. The molecule has 4 rings (SSSR count). The van der Waals surface area contributed by atoms with Gasteiger partial charge < -0.3 is 26.0 Å². The highest BCUT2D eigenvalue weighted by molar-refractivity contribution is 7.21. The highest BCUT2D eigenvalue weighted by Gasteiger charge is 2.20. The van der Waals surface area contributed by atoms with E-state index in [4.69, 9.17) is 4.98 Å².